The maximum Gasteiger partial charge on any atom is 0.276 e. The highest BCUT2D eigenvalue weighted by Gasteiger charge is 2.43. The van der Waals surface area contributed by atoms with E-state index in [-0.39, 0.29) is 16.4 Å². The van der Waals surface area contributed by atoms with Gasteiger partial charge in [0.1, 0.15) is 5.71 Å². The van der Waals surface area contributed by atoms with Crippen molar-refractivity contribution in [2.45, 2.75) is 32.1 Å². The molecule has 36 heavy (non-hydrogen) atoms. The smallest absolute Gasteiger partial charge is 0.276 e. The van der Waals surface area contributed by atoms with Crippen molar-refractivity contribution in [1.82, 2.24) is 19.6 Å². The van der Waals surface area contributed by atoms with Crippen LogP contribution in [0.5, 0.6) is 0 Å². The molecule has 0 aliphatic heterocycles. The molecule has 1 aliphatic carbocycles. The van der Waals surface area contributed by atoms with Crippen LogP contribution in [0.15, 0.2) is 89.1 Å². The third kappa shape index (κ3) is 4.22. The van der Waals surface area contributed by atoms with Gasteiger partial charge in [-0.05, 0) is 43.3 Å². The van der Waals surface area contributed by atoms with E-state index in [1.54, 1.807) is 35.3 Å². The van der Waals surface area contributed by atoms with Gasteiger partial charge in [-0.25, -0.2) is 4.68 Å². The quantitative estimate of drug-likeness (QED) is 0.411. The van der Waals surface area contributed by atoms with Gasteiger partial charge in [0.15, 0.2) is 0 Å². The van der Waals surface area contributed by atoms with Gasteiger partial charge in [0.05, 0.1) is 27.5 Å². The molecule has 0 spiro atoms. The molecule has 2 aromatic heterocycles. The summed E-state index contributed by atoms with van der Waals surface area (Å²) < 4.78 is 27.5. The van der Waals surface area contributed by atoms with E-state index >= 15 is 0 Å². The summed E-state index contributed by atoms with van der Waals surface area (Å²) in [5, 5.41) is 9.00. The Morgan fingerprint density at radius 2 is 1.72 bits per heavy atom. The number of hydrazone groups is 1. The molecule has 1 aliphatic rings. The molecule has 0 radical (unpaired) electrons. The summed E-state index contributed by atoms with van der Waals surface area (Å²) in [4.78, 5) is 20.5. The third-order valence-corrected chi connectivity index (χ3v) is 7.42. The van der Waals surface area contributed by atoms with Crippen LogP contribution in [0.3, 0.4) is 0 Å². The molecule has 0 atom stereocenters. The maximum atomic E-state index is 13.9. The standard InChI is InChI=1S/C27H25N5O3S/c1-18-11-13-21(14-12-18)36(34,35)31-29-26-25(33)23-22(16-27(26,2)3)30-32(20-9-5-4-6-10-20)24(23)19-8-7-15-28-17-19/h4-15,17,31H,16H2,1-3H3. The zero-order valence-corrected chi connectivity index (χ0v) is 21.0. The predicted octanol–water partition coefficient (Wildman–Crippen LogP) is 4.34. The summed E-state index contributed by atoms with van der Waals surface area (Å²) in [6.45, 7) is 5.59. The molecule has 8 nitrogen and oxygen atoms in total. The number of ketones is 1. The molecule has 4 aromatic rings. The second kappa shape index (κ2) is 8.83. The van der Waals surface area contributed by atoms with Crippen molar-refractivity contribution in [2.24, 2.45) is 10.5 Å². The number of para-hydroxylation sites is 1. The average Bonchev–Trinajstić information content (AvgIpc) is 3.23. The molecule has 0 saturated carbocycles. The van der Waals surface area contributed by atoms with E-state index in [9.17, 15) is 13.2 Å². The largest absolute Gasteiger partial charge is 0.287 e. The van der Waals surface area contributed by atoms with Crippen molar-refractivity contribution in [3.05, 3.63) is 95.9 Å². The van der Waals surface area contributed by atoms with Gasteiger partial charge in [0.25, 0.3) is 10.0 Å². The number of pyridine rings is 1. The number of nitrogens with zero attached hydrogens (tertiary/aromatic N) is 4. The third-order valence-electron chi connectivity index (χ3n) is 6.20. The van der Waals surface area contributed by atoms with Gasteiger partial charge in [0, 0.05) is 29.8 Å². The first-order valence-corrected chi connectivity index (χ1v) is 12.9. The minimum atomic E-state index is -3.95. The van der Waals surface area contributed by atoms with E-state index in [2.05, 4.69) is 14.9 Å². The van der Waals surface area contributed by atoms with Crippen molar-refractivity contribution in [3.8, 4) is 16.9 Å². The van der Waals surface area contributed by atoms with E-state index in [4.69, 9.17) is 5.10 Å². The first kappa shape index (κ1) is 23.6. The van der Waals surface area contributed by atoms with E-state index in [1.807, 2.05) is 57.2 Å². The Balaban J connectivity index is 1.63. The Morgan fingerprint density at radius 1 is 1.00 bits per heavy atom. The molecule has 0 fully saturated rings. The van der Waals surface area contributed by atoms with E-state index in [0.29, 0.717) is 23.4 Å². The summed E-state index contributed by atoms with van der Waals surface area (Å²) in [6, 6.07) is 19.7. The van der Waals surface area contributed by atoms with Crippen LogP contribution in [0.1, 0.15) is 35.5 Å². The van der Waals surface area contributed by atoms with Gasteiger partial charge in [-0.15, -0.1) is 0 Å². The second-order valence-corrected chi connectivity index (χ2v) is 11.1. The molecule has 0 saturated heterocycles. The summed E-state index contributed by atoms with van der Waals surface area (Å²) in [5.74, 6) is -0.367. The first-order chi connectivity index (χ1) is 17.2. The highest BCUT2D eigenvalue weighted by molar-refractivity contribution is 7.89. The molecule has 0 amide bonds. The van der Waals surface area contributed by atoms with Crippen molar-refractivity contribution < 1.29 is 13.2 Å². The summed E-state index contributed by atoms with van der Waals surface area (Å²) in [6.07, 6.45) is 3.75. The van der Waals surface area contributed by atoms with Crippen LogP contribution in [-0.4, -0.2) is 34.7 Å². The number of nitrogens with one attached hydrogen (secondary N) is 1. The van der Waals surface area contributed by atoms with Crippen molar-refractivity contribution in [1.29, 1.82) is 0 Å². The molecular formula is C27H25N5O3S. The maximum absolute atomic E-state index is 13.9. The van der Waals surface area contributed by atoms with Crippen LogP contribution in [0.25, 0.3) is 16.9 Å². The van der Waals surface area contributed by atoms with E-state index < -0.39 is 15.4 Å². The first-order valence-electron chi connectivity index (χ1n) is 11.5. The van der Waals surface area contributed by atoms with Gasteiger partial charge in [-0.3, -0.25) is 9.78 Å². The Bertz CT molecular complexity index is 1570. The molecule has 2 heterocycles. The van der Waals surface area contributed by atoms with Gasteiger partial charge < -0.3 is 0 Å². The molecule has 5 rings (SSSR count). The molecule has 9 heteroatoms. The van der Waals surface area contributed by atoms with Gasteiger partial charge in [-0.1, -0.05) is 49.7 Å². The number of hydrogen-bond acceptors (Lipinski definition) is 6. The van der Waals surface area contributed by atoms with Crippen LogP contribution in [0, 0.1) is 12.3 Å². The van der Waals surface area contributed by atoms with Crippen molar-refractivity contribution in [2.75, 3.05) is 0 Å². The minimum Gasteiger partial charge on any atom is -0.287 e. The highest BCUT2D eigenvalue weighted by Crippen LogP contribution is 2.38. The summed E-state index contributed by atoms with van der Waals surface area (Å²) in [5.41, 5.74) is 3.48. The average molecular weight is 500 g/mol. The number of rotatable bonds is 5. The van der Waals surface area contributed by atoms with Crippen LogP contribution in [0.2, 0.25) is 0 Å². The fourth-order valence-corrected chi connectivity index (χ4v) is 5.17. The van der Waals surface area contributed by atoms with Gasteiger partial charge >= 0.3 is 0 Å². The van der Waals surface area contributed by atoms with E-state index in [0.717, 1.165) is 16.8 Å². The zero-order chi connectivity index (χ0) is 25.5. The monoisotopic (exact) mass is 499 g/mol. The number of benzene rings is 2. The number of aromatic nitrogens is 3. The van der Waals surface area contributed by atoms with E-state index in [1.165, 1.54) is 12.1 Å². The Labute approximate surface area is 209 Å². The number of hydrogen-bond donors (Lipinski definition) is 1. The fourth-order valence-electron chi connectivity index (χ4n) is 4.36. The lowest BCUT2D eigenvalue weighted by atomic mass is 9.73. The molecule has 0 unspecified atom stereocenters. The fraction of sp³-hybridized carbons (Fsp3) is 0.185. The number of fused-ring (bicyclic) bond motifs is 1. The lowest BCUT2D eigenvalue weighted by Crippen LogP contribution is -2.40. The minimum absolute atomic E-state index is 0.0761. The van der Waals surface area contributed by atoms with Gasteiger partial charge in [0.2, 0.25) is 5.78 Å². The van der Waals surface area contributed by atoms with Crippen LogP contribution >= 0.6 is 0 Å². The van der Waals surface area contributed by atoms with Crippen molar-refractivity contribution in [3.63, 3.8) is 0 Å². The number of carbonyl (C=O) groups is 1. The number of Topliss-reactive ketones (excluding diaryl/α,β-unsaturated/α-hetero) is 1. The molecule has 182 valence electrons. The van der Waals surface area contributed by atoms with Gasteiger partial charge in [-0.2, -0.15) is 23.4 Å². The topological polar surface area (TPSA) is 106 Å². The second-order valence-electron chi connectivity index (χ2n) is 9.42. The number of carbonyl (C=O) groups excluding carboxylic acids is 1. The Morgan fingerprint density at radius 3 is 2.39 bits per heavy atom. The summed E-state index contributed by atoms with van der Waals surface area (Å²) in [7, 11) is -3.95. The lowest BCUT2D eigenvalue weighted by Gasteiger charge is -2.29. The normalized spacial score (nSPS) is 16.1. The predicted molar refractivity (Wildman–Crippen MR) is 138 cm³/mol. The Hall–Kier alpha value is -4.11. The lowest BCUT2D eigenvalue weighted by molar-refractivity contribution is 0.104. The molecule has 1 N–H and O–H groups in total. The Kier molecular flexibility index (Phi) is 5.80. The molecule has 2 aromatic carbocycles. The summed E-state index contributed by atoms with van der Waals surface area (Å²) >= 11 is 0. The number of aryl methyl sites for hydroxylation is 1. The zero-order valence-electron chi connectivity index (χ0n) is 20.1. The van der Waals surface area contributed by atoms with Crippen LogP contribution in [0.4, 0.5) is 0 Å². The van der Waals surface area contributed by atoms with Crippen LogP contribution < -0.4 is 4.83 Å². The van der Waals surface area contributed by atoms with Crippen molar-refractivity contribution >= 4 is 21.5 Å². The van der Waals surface area contributed by atoms with Crippen LogP contribution in [-0.2, 0) is 16.4 Å². The molecule has 0 bridgehead atoms. The highest BCUT2D eigenvalue weighted by atomic mass is 32.2. The number of sulfonamides is 1. The SMILES string of the molecule is Cc1ccc(S(=O)(=O)NN=C2C(=O)c3c(nn(-c4ccccc4)c3-c3cccnc3)CC2(C)C)cc1. The molecular weight excluding hydrogens is 474 g/mol.